The van der Waals surface area contributed by atoms with Crippen LogP contribution in [0.4, 0.5) is 0 Å². The van der Waals surface area contributed by atoms with Crippen LogP contribution in [0.25, 0.3) is 0 Å². The van der Waals surface area contributed by atoms with E-state index in [4.69, 9.17) is 4.42 Å². The molecule has 0 radical (unpaired) electrons. The summed E-state index contributed by atoms with van der Waals surface area (Å²) in [5, 5.41) is 11.6. The molecule has 0 aliphatic heterocycles. The molecule has 0 aliphatic carbocycles. The number of carbonyl (C=O) groups excluding carboxylic acids is 1. The topological polar surface area (TPSA) is 68.0 Å². The van der Waals surface area contributed by atoms with Gasteiger partial charge in [-0.1, -0.05) is 78.8 Å². The Balaban J connectivity index is 1.50. The van der Waals surface area contributed by atoms with E-state index in [0.717, 1.165) is 17.5 Å². The summed E-state index contributed by atoms with van der Waals surface area (Å²) in [7, 11) is 0. The molecule has 1 aromatic heterocycles. The maximum absolute atomic E-state index is 12.3. The highest BCUT2D eigenvalue weighted by Crippen LogP contribution is 2.20. The third-order valence-corrected chi connectivity index (χ3v) is 5.01. The monoisotopic (exact) mass is 381 g/mol. The second-order valence-electron chi connectivity index (χ2n) is 6.35. The molecular weight excluding hydrogens is 358 g/mol. The largest absolute Gasteiger partial charge is 0.416 e. The molecule has 0 saturated carbocycles. The fraction of sp³-hybridized carbons (Fsp3) is 0.286. The summed E-state index contributed by atoms with van der Waals surface area (Å²) in [6.45, 7) is 4.11. The van der Waals surface area contributed by atoms with Gasteiger partial charge in [-0.25, -0.2) is 0 Å². The van der Waals surface area contributed by atoms with Crippen molar-refractivity contribution in [3.05, 3.63) is 77.2 Å². The van der Waals surface area contributed by atoms with Crippen LogP contribution in [0.1, 0.15) is 42.0 Å². The van der Waals surface area contributed by atoms with Gasteiger partial charge in [0.1, 0.15) is 0 Å². The summed E-state index contributed by atoms with van der Waals surface area (Å²) in [6.07, 6.45) is 1.42. The van der Waals surface area contributed by atoms with Crippen molar-refractivity contribution in [3.8, 4) is 0 Å². The van der Waals surface area contributed by atoms with Gasteiger partial charge in [-0.2, -0.15) is 0 Å². The van der Waals surface area contributed by atoms with Gasteiger partial charge in [-0.3, -0.25) is 4.79 Å². The van der Waals surface area contributed by atoms with Gasteiger partial charge < -0.3 is 9.73 Å². The second kappa shape index (κ2) is 9.37. The van der Waals surface area contributed by atoms with Crippen LogP contribution < -0.4 is 5.32 Å². The van der Waals surface area contributed by atoms with Crippen LogP contribution in [0.5, 0.6) is 0 Å². The summed E-state index contributed by atoms with van der Waals surface area (Å²) >= 11 is 1.26. The lowest BCUT2D eigenvalue weighted by Crippen LogP contribution is -2.29. The van der Waals surface area contributed by atoms with E-state index in [1.807, 2.05) is 30.3 Å². The van der Waals surface area contributed by atoms with E-state index in [-0.39, 0.29) is 17.7 Å². The highest BCUT2D eigenvalue weighted by molar-refractivity contribution is 7.99. The lowest BCUT2D eigenvalue weighted by Gasteiger charge is -2.17. The van der Waals surface area contributed by atoms with Crippen LogP contribution in [-0.4, -0.2) is 21.9 Å². The molecule has 27 heavy (non-hydrogen) atoms. The maximum atomic E-state index is 12.3. The summed E-state index contributed by atoms with van der Waals surface area (Å²) in [5.74, 6) is 0.750. The first-order valence-electron chi connectivity index (χ1n) is 8.99. The first-order valence-corrected chi connectivity index (χ1v) is 9.97. The Labute approximate surface area is 163 Å². The fourth-order valence-electron chi connectivity index (χ4n) is 2.72. The standard InChI is InChI=1S/C21H23N3O2S/c1-3-18(17-11-9-15(2)10-12-17)22-19(25)14-27-21-24-23-20(26-21)13-16-7-5-4-6-8-16/h4-12,18H,3,13-14H2,1-2H3,(H,22,25)/t18-/m1/s1. The summed E-state index contributed by atoms with van der Waals surface area (Å²) in [5.41, 5.74) is 3.43. The quantitative estimate of drug-likeness (QED) is 0.588. The molecule has 140 valence electrons. The number of nitrogens with zero attached hydrogens (tertiary/aromatic N) is 2. The van der Waals surface area contributed by atoms with E-state index < -0.39 is 0 Å². The lowest BCUT2D eigenvalue weighted by atomic mass is 10.0. The van der Waals surface area contributed by atoms with Crippen LogP contribution in [0.2, 0.25) is 0 Å². The van der Waals surface area contributed by atoms with Gasteiger partial charge in [-0.05, 0) is 24.5 Å². The molecule has 0 bridgehead atoms. The molecule has 0 unspecified atom stereocenters. The van der Waals surface area contributed by atoms with E-state index in [9.17, 15) is 4.79 Å². The van der Waals surface area contributed by atoms with Gasteiger partial charge in [0, 0.05) is 0 Å². The Hall–Kier alpha value is -2.60. The molecule has 0 spiro atoms. The van der Waals surface area contributed by atoms with Gasteiger partial charge in [-0.15, -0.1) is 10.2 Å². The molecule has 1 atom stereocenters. The van der Waals surface area contributed by atoms with E-state index in [0.29, 0.717) is 17.5 Å². The number of thioether (sulfide) groups is 1. The number of aromatic nitrogens is 2. The van der Waals surface area contributed by atoms with Crippen molar-refractivity contribution in [2.24, 2.45) is 0 Å². The molecule has 2 aromatic carbocycles. The van der Waals surface area contributed by atoms with E-state index in [1.54, 1.807) is 0 Å². The van der Waals surface area contributed by atoms with Crippen LogP contribution in [0, 0.1) is 6.92 Å². The van der Waals surface area contributed by atoms with Crippen LogP contribution in [0.15, 0.2) is 64.2 Å². The molecule has 6 heteroatoms. The zero-order valence-corrected chi connectivity index (χ0v) is 16.3. The van der Waals surface area contributed by atoms with Crippen molar-refractivity contribution in [2.45, 2.75) is 38.0 Å². The van der Waals surface area contributed by atoms with E-state index in [1.165, 1.54) is 17.3 Å². The van der Waals surface area contributed by atoms with Crippen molar-refractivity contribution >= 4 is 17.7 Å². The Bertz CT molecular complexity index is 863. The Morgan fingerprint density at radius 3 is 2.56 bits per heavy atom. The summed E-state index contributed by atoms with van der Waals surface area (Å²) in [4.78, 5) is 12.3. The average molecular weight is 382 g/mol. The smallest absolute Gasteiger partial charge is 0.277 e. The molecule has 1 amide bonds. The average Bonchev–Trinajstić information content (AvgIpc) is 3.13. The third kappa shape index (κ3) is 5.69. The number of hydrogen-bond acceptors (Lipinski definition) is 5. The molecule has 5 nitrogen and oxygen atoms in total. The number of aryl methyl sites for hydroxylation is 1. The number of amides is 1. The zero-order chi connectivity index (χ0) is 19.1. The first kappa shape index (κ1) is 19.2. The van der Waals surface area contributed by atoms with Crippen molar-refractivity contribution in [1.29, 1.82) is 0 Å². The maximum Gasteiger partial charge on any atom is 0.277 e. The van der Waals surface area contributed by atoms with Crippen molar-refractivity contribution in [3.63, 3.8) is 0 Å². The zero-order valence-electron chi connectivity index (χ0n) is 15.5. The van der Waals surface area contributed by atoms with Crippen LogP contribution in [-0.2, 0) is 11.2 Å². The second-order valence-corrected chi connectivity index (χ2v) is 7.28. The van der Waals surface area contributed by atoms with Gasteiger partial charge in [0.2, 0.25) is 11.8 Å². The highest BCUT2D eigenvalue weighted by atomic mass is 32.2. The Kier molecular flexibility index (Phi) is 6.65. The van der Waals surface area contributed by atoms with Crippen molar-refractivity contribution in [2.75, 3.05) is 5.75 Å². The number of carbonyl (C=O) groups is 1. The first-order chi connectivity index (χ1) is 13.1. The molecule has 0 fully saturated rings. The highest BCUT2D eigenvalue weighted by Gasteiger charge is 2.15. The van der Waals surface area contributed by atoms with Gasteiger partial charge in [0.25, 0.3) is 5.22 Å². The molecule has 1 N–H and O–H groups in total. The molecule has 3 rings (SSSR count). The van der Waals surface area contributed by atoms with E-state index >= 15 is 0 Å². The molecule has 0 saturated heterocycles. The predicted octanol–water partition coefficient (Wildman–Crippen LogP) is 4.33. The van der Waals surface area contributed by atoms with Gasteiger partial charge in [0.15, 0.2) is 0 Å². The molecular formula is C21H23N3O2S. The number of hydrogen-bond donors (Lipinski definition) is 1. The van der Waals surface area contributed by atoms with Crippen LogP contribution >= 0.6 is 11.8 Å². The molecule has 1 heterocycles. The Morgan fingerprint density at radius 1 is 1.11 bits per heavy atom. The number of nitrogens with one attached hydrogen (secondary N) is 1. The normalized spacial score (nSPS) is 11.9. The minimum atomic E-state index is -0.0461. The predicted molar refractivity (Wildman–Crippen MR) is 107 cm³/mol. The van der Waals surface area contributed by atoms with Crippen molar-refractivity contribution < 1.29 is 9.21 Å². The third-order valence-electron chi connectivity index (χ3n) is 4.20. The molecule has 3 aromatic rings. The fourth-order valence-corrected chi connectivity index (χ4v) is 3.31. The minimum absolute atomic E-state index is 0.00928. The number of benzene rings is 2. The minimum Gasteiger partial charge on any atom is -0.416 e. The SMILES string of the molecule is CC[C@@H](NC(=O)CSc1nnc(Cc2ccccc2)o1)c1ccc(C)cc1. The van der Waals surface area contributed by atoms with E-state index in [2.05, 4.69) is 53.6 Å². The lowest BCUT2D eigenvalue weighted by molar-refractivity contribution is -0.119. The van der Waals surface area contributed by atoms with Crippen LogP contribution in [0.3, 0.4) is 0 Å². The van der Waals surface area contributed by atoms with Gasteiger partial charge >= 0.3 is 0 Å². The van der Waals surface area contributed by atoms with Crippen molar-refractivity contribution in [1.82, 2.24) is 15.5 Å². The van der Waals surface area contributed by atoms with Gasteiger partial charge in [0.05, 0.1) is 18.2 Å². The Morgan fingerprint density at radius 2 is 1.85 bits per heavy atom. The molecule has 0 aliphatic rings. The summed E-state index contributed by atoms with van der Waals surface area (Å²) in [6, 6.07) is 18.2. The number of rotatable bonds is 8. The summed E-state index contributed by atoms with van der Waals surface area (Å²) < 4.78 is 5.63.